The molecule has 0 aliphatic rings. The highest BCUT2D eigenvalue weighted by molar-refractivity contribution is 5.82. The quantitative estimate of drug-likeness (QED) is 0.778. The molecule has 1 heterocycles. The summed E-state index contributed by atoms with van der Waals surface area (Å²) in [7, 11) is 1.95. The van der Waals surface area contributed by atoms with Crippen molar-refractivity contribution in [1.82, 2.24) is 10.3 Å². The molecule has 1 aromatic carbocycles. The molecule has 16 heavy (non-hydrogen) atoms. The minimum absolute atomic E-state index is 0.747. The lowest BCUT2D eigenvalue weighted by atomic mass is 10.2. The van der Waals surface area contributed by atoms with Gasteiger partial charge in [-0.3, -0.25) is 4.98 Å². The second kappa shape index (κ2) is 5.47. The fourth-order valence-corrected chi connectivity index (χ4v) is 1.59. The molecule has 0 aliphatic carbocycles. The van der Waals surface area contributed by atoms with Crippen LogP contribution < -0.4 is 10.1 Å². The third kappa shape index (κ3) is 2.70. The van der Waals surface area contributed by atoms with Crippen molar-refractivity contribution in [3.8, 4) is 5.75 Å². The molecule has 0 atom stereocenters. The number of ether oxygens (including phenoxy) is 1. The van der Waals surface area contributed by atoms with Gasteiger partial charge in [-0.15, -0.1) is 0 Å². The van der Waals surface area contributed by atoms with E-state index in [9.17, 15) is 0 Å². The van der Waals surface area contributed by atoms with Gasteiger partial charge in [-0.2, -0.15) is 0 Å². The molecule has 1 N–H and O–H groups in total. The van der Waals surface area contributed by atoms with Gasteiger partial charge in [-0.1, -0.05) is 0 Å². The Hall–Kier alpha value is -1.61. The molecule has 3 heteroatoms. The van der Waals surface area contributed by atoms with Gasteiger partial charge in [0.2, 0.25) is 0 Å². The van der Waals surface area contributed by atoms with Crippen molar-refractivity contribution in [2.24, 2.45) is 0 Å². The molecule has 1 aromatic heterocycles. The highest BCUT2D eigenvalue weighted by Crippen LogP contribution is 2.19. The van der Waals surface area contributed by atoms with Crippen LogP contribution >= 0.6 is 0 Å². The zero-order valence-corrected chi connectivity index (χ0v) is 9.44. The van der Waals surface area contributed by atoms with Gasteiger partial charge in [-0.25, -0.2) is 0 Å². The maximum absolute atomic E-state index is 5.66. The number of nitrogens with one attached hydrogen (secondary N) is 1. The molecular formula is C13H16N2O. The van der Waals surface area contributed by atoms with Crippen LogP contribution in [0.4, 0.5) is 0 Å². The fourth-order valence-electron chi connectivity index (χ4n) is 1.59. The third-order valence-electron chi connectivity index (χ3n) is 2.45. The van der Waals surface area contributed by atoms with Gasteiger partial charge in [0.25, 0.3) is 0 Å². The first-order valence-corrected chi connectivity index (χ1v) is 5.51. The van der Waals surface area contributed by atoms with E-state index in [0.29, 0.717) is 0 Å². The summed E-state index contributed by atoms with van der Waals surface area (Å²) in [5.74, 6) is 0.926. The topological polar surface area (TPSA) is 34.1 Å². The Kier molecular flexibility index (Phi) is 3.72. The molecule has 2 aromatic rings. The van der Waals surface area contributed by atoms with Gasteiger partial charge < -0.3 is 10.1 Å². The Morgan fingerprint density at radius 2 is 2.19 bits per heavy atom. The monoisotopic (exact) mass is 216 g/mol. The molecule has 3 nitrogen and oxygen atoms in total. The first-order valence-electron chi connectivity index (χ1n) is 5.51. The number of fused-ring (bicyclic) bond motifs is 1. The Balaban J connectivity index is 2.02. The number of benzene rings is 1. The molecule has 0 radical (unpaired) electrons. The van der Waals surface area contributed by atoms with Crippen LogP contribution in [0.15, 0.2) is 36.7 Å². The highest BCUT2D eigenvalue weighted by Gasteiger charge is 1.96. The molecule has 0 saturated heterocycles. The minimum Gasteiger partial charge on any atom is -0.494 e. The summed E-state index contributed by atoms with van der Waals surface area (Å²) in [4.78, 5) is 4.08. The predicted octanol–water partition coefficient (Wildman–Crippen LogP) is 2.22. The summed E-state index contributed by atoms with van der Waals surface area (Å²) in [5.41, 5.74) is 0. The lowest BCUT2D eigenvalue weighted by Crippen LogP contribution is -2.11. The smallest absolute Gasteiger partial charge is 0.119 e. The van der Waals surface area contributed by atoms with E-state index in [4.69, 9.17) is 4.74 Å². The fraction of sp³-hybridized carbons (Fsp3) is 0.308. The van der Waals surface area contributed by atoms with E-state index in [1.807, 2.05) is 31.4 Å². The first kappa shape index (κ1) is 10.9. The average molecular weight is 216 g/mol. The van der Waals surface area contributed by atoms with Crippen LogP contribution in [0, 0.1) is 0 Å². The van der Waals surface area contributed by atoms with Crippen molar-refractivity contribution in [1.29, 1.82) is 0 Å². The largest absolute Gasteiger partial charge is 0.494 e. The van der Waals surface area contributed by atoms with Crippen molar-refractivity contribution in [3.05, 3.63) is 36.7 Å². The number of rotatable bonds is 5. The van der Waals surface area contributed by atoms with Crippen molar-refractivity contribution in [3.63, 3.8) is 0 Å². The normalized spacial score (nSPS) is 10.6. The summed E-state index contributed by atoms with van der Waals surface area (Å²) in [6.45, 7) is 1.73. The molecule has 0 amide bonds. The summed E-state index contributed by atoms with van der Waals surface area (Å²) in [6.07, 6.45) is 4.68. The highest BCUT2D eigenvalue weighted by atomic mass is 16.5. The molecule has 0 saturated carbocycles. The standard InChI is InChI=1S/C13H16N2O/c1-14-6-2-8-16-13-4-3-12-10-15-7-5-11(12)9-13/h3-5,7,9-10,14H,2,6,8H2,1H3. The minimum atomic E-state index is 0.747. The SMILES string of the molecule is CNCCCOc1ccc2cnccc2c1. The van der Waals surface area contributed by atoms with Gasteiger partial charge in [-0.05, 0) is 49.7 Å². The van der Waals surface area contributed by atoms with Gasteiger partial charge in [0.15, 0.2) is 0 Å². The van der Waals surface area contributed by atoms with Crippen LogP contribution in [0.1, 0.15) is 6.42 Å². The predicted molar refractivity (Wildman–Crippen MR) is 65.8 cm³/mol. The summed E-state index contributed by atoms with van der Waals surface area (Å²) < 4.78 is 5.66. The molecule has 0 fully saturated rings. The summed E-state index contributed by atoms with van der Waals surface area (Å²) in [5, 5.41) is 5.41. The van der Waals surface area contributed by atoms with Crippen molar-refractivity contribution < 1.29 is 4.74 Å². The molecular weight excluding hydrogens is 200 g/mol. The number of aromatic nitrogens is 1. The van der Waals surface area contributed by atoms with Crippen molar-refractivity contribution >= 4 is 10.8 Å². The third-order valence-corrected chi connectivity index (χ3v) is 2.45. The summed E-state index contributed by atoms with van der Waals surface area (Å²) in [6, 6.07) is 8.07. The van der Waals surface area contributed by atoms with Gasteiger partial charge >= 0.3 is 0 Å². The lowest BCUT2D eigenvalue weighted by molar-refractivity contribution is 0.310. The van der Waals surface area contributed by atoms with Crippen LogP contribution in [0.25, 0.3) is 10.8 Å². The second-order valence-corrected chi connectivity index (χ2v) is 3.69. The van der Waals surface area contributed by atoms with E-state index in [1.54, 1.807) is 6.20 Å². The zero-order chi connectivity index (χ0) is 11.2. The second-order valence-electron chi connectivity index (χ2n) is 3.69. The van der Waals surface area contributed by atoms with Crippen molar-refractivity contribution in [2.75, 3.05) is 20.2 Å². The molecule has 0 bridgehead atoms. The van der Waals surface area contributed by atoms with Crippen LogP contribution in [-0.2, 0) is 0 Å². The van der Waals surface area contributed by atoms with Gasteiger partial charge in [0, 0.05) is 17.8 Å². The first-order chi connectivity index (χ1) is 7.90. The maximum atomic E-state index is 5.66. The van der Waals surface area contributed by atoms with E-state index < -0.39 is 0 Å². The van der Waals surface area contributed by atoms with E-state index in [2.05, 4.69) is 16.4 Å². The van der Waals surface area contributed by atoms with E-state index in [-0.39, 0.29) is 0 Å². The molecule has 0 unspecified atom stereocenters. The molecule has 2 rings (SSSR count). The van der Waals surface area contributed by atoms with Crippen LogP contribution in [0.3, 0.4) is 0 Å². The Labute approximate surface area is 95.5 Å². The lowest BCUT2D eigenvalue weighted by Gasteiger charge is -2.06. The Morgan fingerprint density at radius 3 is 3.06 bits per heavy atom. The zero-order valence-electron chi connectivity index (χ0n) is 9.44. The van der Waals surface area contributed by atoms with Gasteiger partial charge in [0.1, 0.15) is 5.75 Å². The van der Waals surface area contributed by atoms with Gasteiger partial charge in [0.05, 0.1) is 6.61 Å². The summed E-state index contributed by atoms with van der Waals surface area (Å²) >= 11 is 0. The van der Waals surface area contributed by atoms with E-state index >= 15 is 0 Å². The number of hydrogen-bond donors (Lipinski definition) is 1. The Morgan fingerprint density at radius 1 is 1.25 bits per heavy atom. The number of pyridine rings is 1. The molecule has 0 aliphatic heterocycles. The molecule has 84 valence electrons. The van der Waals surface area contributed by atoms with Crippen LogP contribution in [0.5, 0.6) is 5.75 Å². The average Bonchev–Trinajstić information content (AvgIpc) is 2.34. The maximum Gasteiger partial charge on any atom is 0.119 e. The number of hydrogen-bond acceptors (Lipinski definition) is 3. The van der Waals surface area contributed by atoms with Crippen LogP contribution in [0.2, 0.25) is 0 Å². The van der Waals surface area contributed by atoms with E-state index in [1.165, 1.54) is 5.39 Å². The van der Waals surface area contributed by atoms with E-state index in [0.717, 1.165) is 30.7 Å². The van der Waals surface area contributed by atoms with Crippen LogP contribution in [-0.4, -0.2) is 25.2 Å². The Bertz CT molecular complexity index is 456. The number of nitrogens with zero attached hydrogens (tertiary/aromatic N) is 1. The molecule has 0 spiro atoms. The van der Waals surface area contributed by atoms with Crippen molar-refractivity contribution in [2.45, 2.75) is 6.42 Å².